The Kier molecular flexibility index (Phi) is 6.66. The summed E-state index contributed by atoms with van der Waals surface area (Å²) in [5, 5.41) is 4.69. The second-order valence-corrected chi connectivity index (χ2v) is 6.98. The van der Waals surface area contributed by atoms with Crippen molar-refractivity contribution in [2.45, 2.75) is 26.6 Å². The van der Waals surface area contributed by atoms with Crippen molar-refractivity contribution in [1.29, 1.82) is 0 Å². The van der Waals surface area contributed by atoms with Gasteiger partial charge in [0.15, 0.2) is 0 Å². The lowest BCUT2D eigenvalue weighted by Crippen LogP contribution is -2.38. The summed E-state index contributed by atoms with van der Waals surface area (Å²) in [4.78, 5) is 4.76. The third-order valence-electron chi connectivity index (χ3n) is 4.85. The molecule has 26 heavy (non-hydrogen) atoms. The van der Waals surface area contributed by atoms with Gasteiger partial charge in [-0.15, -0.1) is 0 Å². The molecule has 1 fully saturated rings. The average molecular weight is 358 g/mol. The fourth-order valence-electron chi connectivity index (χ4n) is 3.29. The van der Waals surface area contributed by atoms with Crippen LogP contribution in [0.5, 0.6) is 5.75 Å². The zero-order valence-corrected chi connectivity index (χ0v) is 16.1. The smallest absolute Gasteiger partial charge is 0.118 e. The van der Waals surface area contributed by atoms with Crippen molar-refractivity contribution in [2.75, 3.05) is 47.0 Å². The standard InChI is InChI=1S/C20H30N4O2/c1-17-19(15-22(2)14-18-4-6-20(25-3)7-5-18)16-24(21-17)9-8-23-10-12-26-13-11-23/h4-7,16H,8-15H2,1-3H3. The van der Waals surface area contributed by atoms with Crippen LogP contribution in [0.3, 0.4) is 0 Å². The van der Waals surface area contributed by atoms with E-state index in [9.17, 15) is 0 Å². The largest absolute Gasteiger partial charge is 0.497 e. The summed E-state index contributed by atoms with van der Waals surface area (Å²) in [6.07, 6.45) is 2.19. The van der Waals surface area contributed by atoms with E-state index in [2.05, 4.69) is 46.8 Å². The Morgan fingerprint density at radius 3 is 2.54 bits per heavy atom. The lowest BCUT2D eigenvalue weighted by molar-refractivity contribution is 0.0359. The quantitative estimate of drug-likeness (QED) is 0.723. The molecule has 1 aromatic carbocycles. The van der Waals surface area contributed by atoms with Crippen LogP contribution in [0.1, 0.15) is 16.8 Å². The van der Waals surface area contributed by atoms with Gasteiger partial charge in [0, 0.05) is 44.5 Å². The summed E-state index contributed by atoms with van der Waals surface area (Å²) in [6.45, 7) is 9.61. The maximum atomic E-state index is 5.40. The number of aromatic nitrogens is 2. The molecule has 0 atom stereocenters. The molecule has 142 valence electrons. The van der Waals surface area contributed by atoms with Crippen molar-refractivity contribution in [2.24, 2.45) is 0 Å². The van der Waals surface area contributed by atoms with Crippen LogP contribution in [0.15, 0.2) is 30.5 Å². The van der Waals surface area contributed by atoms with E-state index in [4.69, 9.17) is 14.6 Å². The van der Waals surface area contributed by atoms with Crippen LogP contribution in [0.25, 0.3) is 0 Å². The lowest BCUT2D eigenvalue weighted by atomic mass is 10.2. The number of benzene rings is 1. The molecule has 0 spiro atoms. The summed E-state index contributed by atoms with van der Waals surface area (Å²) in [5.41, 5.74) is 3.70. The number of morpholine rings is 1. The van der Waals surface area contributed by atoms with Crippen LogP contribution in [-0.2, 0) is 24.4 Å². The number of nitrogens with zero attached hydrogens (tertiary/aromatic N) is 4. The van der Waals surface area contributed by atoms with Gasteiger partial charge in [-0.25, -0.2) is 0 Å². The topological polar surface area (TPSA) is 42.8 Å². The third kappa shape index (κ3) is 5.30. The van der Waals surface area contributed by atoms with Crippen molar-refractivity contribution in [3.05, 3.63) is 47.3 Å². The van der Waals surface area contributed by atoms with E-state index in [1.165, 1.54) is 11.1 Å². The summed E-state index contributed by atoms with van der Waals surface area (Å²) in [5.74, 6) is 0.897. The maximum Gasteiger partial charge on any atom is 0.118 e. The number of hydrogen-bond acceptors (Lipinski definition) is 5. The zero-order valence-electron chi connectivity index (χ0n) is 16.1. The van der Waals surface area contributed by atoms with Crippen LogP contribution in [0.2, 0.25) is 0 Å². The van der Waals surface area contributed by atoms with Gasteiger partial charge in [-0.1, -0.05) is 12.1 Å². The van der Waals surface area contributed by atoms with Crippen LogP contribution in [0, 0.1) is 6.92 Å². The summed E-state index contributed by atoms with van der Waals surface area (Å²) >= 11 is 0. The maximum absolute atomic E-state index is 5.40. The molecule has 0 bridgehead atoms. The van der Waals surface area contributed by atoms with Gasteiger partial charge in [0.2, 0.25) is 0 Å². The van der Waals surface area contributed by atoms with Gasteiger partial charge in [-0.2, -0.15) is 5.10 Å². The fraction of sp³-hybridized carbons (Fsp3) is 0.550. The molecule has 0 amide bonds. The summed E-state index contributed by atoms with van der Waals surface area (Å²) in [7, 11) is 3.84. The van der Waals surface area contributed by atoms with Gasteiger partial charge >= 0.3 is 0 Å². The molecule has 0 radical (unpaired) electrons. The average Bonchev–Trinajstić information content (AvgIpc) is 3.01. The minimum absolute atomic E-state index is 0.847. The molecule has 0 N–H and O–H groups in total. The monoisotopic (exact) mass is 358 g/mol. The van der Waals surface area contributed by atoms with E-state index >= 15 is 0 Å². The molecular formula is C20H30N4O2. The second kappa shape index (κ2) is 9.16. The zero-order chi connectivity index (χ0) is 18.4. The second-order valence-electron chi connectivity index (χ2n) is 6.98. The van der Waals surface area contributed by atoms with Crippen LogP contribution in [-0.4, -0.2) is 66.6 Å². The summed E-state index contributed by atoms with van der Waals surface area (Å²) in [6, 6.07) is 8.26. The van der Waals surface area contributed by atoms with Gasteiger partial charge in [0.1, 0.15) is 5.75 Å². The predicted octanol–water partition coefficient (Wildman–Crippen LogP) is 2.16. The highest BCUT2D eigenvalue weighted by molar-refractivity contribution is 5.27. The Morgan fingerprint density at radius 2 is 1.85 bits per heavy atom. The van der Waals surface area contributed by atoms with Crippen molar-refractivity contribution in [3.63, 3.8) is 0 Å². The molecule has 2 heterocycles. The highest BCUT2D eigenvalue weighted by atomic mass is 16.5. The van der Waals surface area contributed by atoms with Gasteiger partial charge in [0.05, 0.1) is 32.6 Å². The molecule has 1 saturated heterocycles. The van der Waals surface area contributed by atoms with E-state index < -0.39 is 0 Å². The molecular weight excluding hydrogens is 328 g/mol. The van der Waals surface area contributed by atoms with Crippen LogP contribution in [0.4, 0.5) is 0 Å². The molecule has 0 unspecified atom stereocenters. The van der Waals surface area contributed by atoms with Crippen LogP contribution < -0.4 is 4.74 Å². The SMILES string of the molecule is COc1ccc(CN(C)Cc2cn(CCN3CCOCC3)nc2C)cc1. The lowest BCUT2D eigenvalue weighted by Gasteiger charge is -2.26. The van der Waals surface area contributed by atoms with E-state index in [1.807, 2.05) is 12.1 Å². The number of ether oxygens (including phenoxy) is 2. The Hall–Kier alpha value is -1.89. The van der Waals surface area contributed by atoms with E-state index in [-0.39, 0.29) is 0 Å². The van der Waals surface area contributed by atoms with Crippen molar-refractivity contribution < 1.29 is 9.47 Å². The van der Waals surface area contributed by atoms with Gasteiger partial charge in [0.25, 0.3) is 0 Å². The first-order valence-electron chi connectivity index (χ1n) is 9.28. The molecule has 6 heteroatoms. The first-order chi connectivity index (χ1) is 12.6. The molecule has 0 aliphatic carbocycles. The van der Waals surface area contributed by atoms with Crippen molar-refractivity contribution >= 4 is 0 Å². The Balaban J connectivity index is 1.51. The molecule has 1 aliphatic rings. The third-order valence-corrected chi connectivity index (χ3v) is 4.85. The number of rotatable bonds is 8. The van der Waals surface area contributed by atoms with Crippen molar-refractivity contribution in [3.8, 4) is 5.75 Å². The summed E-state index contributed by atoms with van der Waals surface area (Å²) < 4.78 is 12.7. The van der Waals surface area contributed by atoms with E-state index in [0.29, 0.717) is 0 Å². The predicted molar refractivity (Wildman–Crippen MR) is 102 cm³/mol. The van der Waals surface area contributed by atoms with E-state index in [0.717, 1.165) is 63.9 Å². The number of methoxy groups -OCH3 is 1. The fourth-order valence-corrected chi connectivity index (χ4v) is 3.29. The van der Waals surface area contributed by atoms with E-state index in [1.54, 1.807) is 7.11 Å². The minimum atomic E-state index is 0.847. The van der Waals surface area contributed by atoms with Crippen LogP contribution >= 0.6 is 0 Å². The Morgan fingerprint density at radius 1 is 1.12 bits per heavy atom. The molecule has 1 aliphatic heterocycles. The minimum Gasteiger partial charge on any atom is -0.497 e. The van der Waals surface area contributed by atoms with Gasteiger partial charge in [-0.3, -0.25) is 14.5 Å². The first-order valence-corrected chi connectivity index (χ1v) is 9.28. The Labute approximate surface area is 156 Å². The molecule has 3 rings (SSSR count). The van der Waals surface area contributed by atoms with Crippen molar-refractivity contribution in [1.82, 2.24) is 19.6 Å². The molecule has 1 aromatic heterocycles. The van der Waals surface area contributed by atoms with Gasteiger partial charge < -0.3 is 9.47 Å². The number of hydrogen-bond donors (Lipinski definition) is 0. The molecule has 6 nitrogen and oxygen atoms in total. The molecule has 2 aromatic rings. The highest BCUT2D eigenvalue weighted by Crippen LogP contribution is 2.15. The number of aryl methyl sites for hydroxylation is 1. The first kappa shape index (κ1) is 18.9. The normalized spacial score (nSPS) is 15.5. The Bertz CT molecular complexity index is 678. The highest BCUT2D eigenvalue weighted by Gasteiger charge is 2.12. The van der Waals surface area contributed by atoms with Gasteiger partial charge in [-0.05, 0) is 31.7 Å². The molecule has 0 saturated carbocycles.